The Bertz CT molecular complexity index is 199. The van der Waals surface area contributed by atoms with Crippen molar-refractivity contribution in [2.45, 2.75) is 47.1 Å². The molecule has 0 saturated heterocycles. The van der Waals surface area contributed by atoms with Crippen LogP contribution in [0.2, 0.25) is 0 Å². The first-order valence-electron chi connectivity index (χ1n) is 5.24. The molecule has 0 unspecified atom stereocenters. The lowest BCUT2D eigenvalue weighted by Crippen LogP contribution is -2.46. The maximum atomic E-state index is 4.65. The standard InChI is InChI=1S/C11H22N2/c1-9(2)13-8-6-7-12-10(13)11(3,4)5/h9H,6-8H2,1-5H3. The van der Waals surface area contributed by atoms with Gasteiger partial charge in [0.05, 0.1) is 0 Å². The van der Waals surface area contributed by atoms with Crippen molar-refractivity contribution in [1.82, 2.24) is 4.90 Å². The summed E-state index contributed by atoms with van der Waals surface area (Å²) in [6, 6.07) is 0.582. The highest BCUT2D eigenvalue weighted by molar-refractivity contribution is 5.87. The fraction of sp³-hybridized carbons (Fsp3) is 0.909. The first kappa shape index (κ1) is 10.6. The lowest BCUT2D eigenvalue weighted by atomic mass is 9.92. The molecule has 0 bridgehead atoms. The summed E-state index contributed by atoms with van der Waals surface area (Å²) in [5, 5.41) is 0. The molecule has 0 amide bonds. The first-order valence-corrected chi connectivity index (χ1v) is 5.24. The van der Waals surface area contributed by atoms with Crippen LogP contribution in [-0.2, 0) is 0 Å². The van der Waals surface area contributed by atoms with Crippen LogP contribution in [0.1, 0.15) is 41.0 Å². The first-order chi connectivity index (χ1) is 5.93. The molecule has 1 aliphatic rings. The third kappa shape index (κ3) is 2.45. The maximum absolute atomic E-state index is 4.65. The molecule has 0 aromatic heterocycles. The zero-order valence-electron chi connectivity index (χ0n) is 9.59. The summed E-state index contributed by atoms with van der Waals surface area (Å²) < 4.78 is 0. The van der Waals surface area contributed by atoms with Crippen LogP contribution >= 0.6 is 0 Å². The van der Waals surface area contributed by atoms with Gasteiger partial charge in [0.25, 0.3) is 0 Å². The Morgan fingerprint density at radius 3 is 2.31 bits per heavy atom. The van der Waals surface area contributed by atoms with Crippen molar-refractivity contribution in [2.75, 3.05) is 13.1 Å². The number of nitrogens with zero attached hydrogens (tertiary/aromatic N) is 2. The highest BCUT2D eigenvalue weighted by Gasteiger charge is 2.27. The van der Waals surface area contributed by atoms with Crippen LogP contribution in [0.3, 0.4) is 0 Å². The molecule has 1 rings (SSSR count). The molecule has 1 heterocycles. The van der Waals surface area contributed by atoms with Gasteiger partial charge in [0.2, 0.25) is 0 Å². The predicted octanol–water partition coefficient (Wildman–Crippen LogP) is 2.55. The van der Waals surface area contributed by atoms with E-state index in [1.54, 1.807) is 0 Å². The second-order valence-corrected chi connectivity index (χ2v) is 5.10. The fourth-order valence-electron chi connectivity index (χ4n) is 1.79. The van der Waals surface area contributed by atoms with Gasteiger partial charge < -0.3 is 4.90 Å². The summed E-state index contributed by atoms with van der Waals surface area (Å²) in [5.74, 6) is 1.29. The highest BCUT2D eigenvalue weighted by atomic mass is 15.2. The van der Waals surface area contributed by atoms with Gasteiger partial charge in [0, 0.05) is 24.5 Å². The SMILES string of the molecule is CC(C)N1CCCN=C1C(C)(C)C. The van der Waals surface area contributed by atoms with Gasteiger partial charge in [-0.1, -0.05) is 20.8 Å². The molecule has 0 radical (unpaired) electrons. The quantitative estimate of drug-likeness (QED) is 0.608. The van der Waals surface area contributed by atoms with Crippen molar-refractivity contribution in [3.8, 4) is 0 Å². The van der Waals surface area contributed by atoms with E-state index in [0.29, 0.717) is 6.04 Å². The Morgan fingerprint density at radius 2 is 1.92 bits per heavy atom. The minimum absolute atomic E-state index is 0.199. The summed E-state index contributed by atoms with van der Waals surface area (Å²) >= 11 is 0. The van der Waals surface area contributed by atoms with E-state index in [1.165, 1.54) is 18.8 Å². The third-order valence-corrected chi connectivity index (χ3v) is 2.38. The van der Waals surface area contributed by atoms with Gasteiger partial charge in [-0.3, -0.25) is 4.99 Å². The van der Waals surface area contributed by atoms with Gasteiger partial charge in [-0.15, -0.1) is 0 Å². The molecule has 0 saturated carbocycles. The van der Waals surface area contributed by atoms with Crippen LogP contribution in [0.25, 0.3) is 0 Å². The van der Waals surface area contributed by atoms with Gasteiger partial charge in [0.1, 0.15) is 5.84 Å². The van der Waals surface area contributed by atoms with Gasteiger partial charge in [-0.05, 0) is 20.3 Å². The van der Waals surface area contributed by atoms with E-state index in [0.717, 1.165) is 6.54 Å². The van der Waals surface area contributed by atoms with Crippen molar-refractivity contribution >= 4 is 5.84 Å². The average molecular weight is 182 g/mol. The molecule has 0 N–H and O–H groups in total. The Kier molecular flexibility index (Phi) is 2.99. The van der Waals surface area contributed by atoms with E-state index in [2.05, 4.69) is 44.5 Å². The Hall–Kier alpha value is -0.530. The molecule has 13 heavy (non-hydrogen) atoms. The topological polar surface area (TPSA) is 15.6 Å². The Labute approximate surface area is 82.0 Å². The summed E-state index contributed by atoms with van der Waals surface area (Å²) in [6.07, 6.45) is 1.21. The fourth-order valence-corrected chi connectivity index (χ4v) is 1.79. The highest BCUT2D eigenvalue weighted by Crippen LogP contribution is 2.23. The van der Waals surface area contributed by atoms with E-state index >= 15 is 0 Å². The zero-order valence-corrected chi connectivity index (χ0v) is 9.59. The van der Waals surface area contributed by atoms with Crippen LogP contribution in [-0.4, -0.2) is 29.9 Å². The normalized spacial score (nSPS) is 19.2. The Balaban J connectivity index is 2.84. The predicted molar refractivity (Wildman–Crippen MR) is 58.2 cm³/mol. The average Bonchev–Trinajstić information content (AvgIpc) is 2.03. The van der Waals surface area contributed by atoms with Crippen molar-refractivity contribution in [1.29, 1.82) is 0 Å². The van der Waals surface area contributed by atoms with Crippen LogP contribution in [0.5, 0.6) is 0 Å². The number of hydrogen-bond donors (Lipinski definition) is 0. The molecule has 2 nitrogen and oxygen atoms in total. The molecule has 0 aliphatic carbocycles. The number of rotatable bonds is 1. The minimum Gasteiger partial charge on any atom is -0.357 e. The van der Waals surface area contributed by atoms with E-state index in [1.807, 2.05) is 0 Å². The summed E-state index contributed by atoms with van der Waals surface area (Å²) in [6.45, 7) is 13.4. The van der Waals surface area contributed by atoms with Crippen LogP contribution in [0.4, 0.5) is 0 Å². The van der Waals surface area contributed by atoms with Crippen molar-refractivity contribution < 1.29 is 0 Å². The molecule has 0 fully saturated rings. The number of aliphatic imine (C=N–C) groups is 1. The lowest BCUT2D eigenvalue weighted by Gasteiger charge is -2.39. The second kappa shape index (κ2) is 3.69. The summed E-state index contributed by atoms with van der Waals surface area (Å²) in [5.41, 5.74) is 0.199. The third-order valence-electron chi connectivity index (χ3n) is 2.38. The molecular formula is C11H22N2. The second-order valence-electron chi connectivity index (χ2n) is 5.10. The number of hydrogen-bond acceptors (Lipinski definition) is 2. The minimum atomic E-state index is 0.199. The maximum Gasteiger partial charge on any atom is 0.104 e. The molecule has 0 spiro atoms. The molecule has 1 aliphatic heterocycles. The van der Waals surface area contributed by atoms with E-state index in [4.69, 9.17) is 0 Å². The van der Waals surface area contributed by atoms with Crippen molar-refractivity contribution in [3.05, 3.63) is 0 Å². The van der Waals surface area contributed by atoms with E-state index in [9.17, 15) is 0 Å². The van der Waals surface area contributed by atoms with E-state index < -0.39 is 0 Å². The molecule has 2 heteroatoms. The van der Waals surface area contributed by atoms with Gasteiger partial charge in [-0.2, -0.15) is 0 Å². The van der Waals surface area contributed by atoms with Crippen LogP contribution < -0.4 is 0 Å². The molecular weight excluding hydrogens is 160 g/mol. The van der Waals surface area contributed by atoms with Gasteiger partial charge in [-0.25, -0.2) is 0 Å². The monoisotopic (exact) mass is 182 g/mol. The molecule has 0 aromatic carbocycles. The van der Waals surface area contributed by atoms with Crippen LogP contribution in [0, 0.1) is 5.41 Å². The molecule has 76 valence electrons. The van der Waals surface area contributed by atoms with E-state index in [-0.39, 0.29) is 5.41 Å². The lowest BCUT2D eigenvalue weighted by molar-refractivity contribution is 0.297. The largest absolute Gasteiger partial charge is 0.357 e. The zero-order chi connectivity index (χ0) is 10.1. The summed E-state index contributed by atoms with van der Waals surface area (Å²) in [4.78, 5) is 7.08. The summed E-state index contributed by atoms with van der Waals surface area (Å²) in [7, 11) is 0. The van der Waals surface area contributed by atoms with Crippen molar-refractivity contribution in [3.63, 3.8) is 0 Å². The van der Waals surface area contributed by atoms with Gasteiger partial charge >= 0.3 is 0 Å². The van der Waals surface area contributed by atoms with Gasteiger partial charge in [0.15, 0.2) is 0 Å². The molecule has 0 aromatic rings. The number of amidine groups is 1. The molecule has 0 atom stereocenters. The van der Waals surface area contributed by atoms with Crippen molar-refractivity contribution in [2.24, 2.45) is 10.4 Å². The smallest absolute Gasteiger partial charge is 0.104 e. The Morgan fingerprint density at radius 1 is 1.31 bits per heavy atom. The van der Waals surface area contributed by atoms with Crippen LogP contribution in [0.15, 0.2) is 4.99 Å².